The van der Waals surface area contributed by atoms with Gasteiger partial charge in [0.15, 0.2) is 0 Å². The quantitative estimate of drug-likeness (QED) is 0.860. The number of hydrogen-bond acceptors (Lipinski definition) is 3. The molecule has 0 heterocycles. The topological polar surface area (TPSA) is 44.5 Å². The van der Waals surface area contributed by atoms with Crippen molar-refractivity contribution in [1.82, 2.24) is 0 Å². The van der Waals surface area contributed by atoms with Crippen molar-refractivity contribution >= 4 is 17.2 Å². The molecule has 2 rings (SSSR count). The van der Waals surface area contributed by atoms with Crippen molar-refractivity contribution in [2.45, 2.75) is 6.61 Å². The summed E-state index contributed by atoms with van der Waals surface area (Å²) in [6.07, 6.45) is 0. The monoisotopic (exact) mass is 291 g/mol. The van der Waals surface area contributed by atoms with E-state index in [0.717, 1.165) is 11.3 Å². The zero-order valence-electron chi connectivity index (χ0n) is 10.9. The maximum absolute atomic E-state index is 13.7. The Labute approximate surface area is 122 Å². The lowest BCUT2D eigenvalue weighted by atomic mass is 10.2. The third-order valence-corrected chi connectivity index (χ3v) is 2.99. The number of rotatable bonds is 5. The predicted molar refractivity (Wildman–Crippen MR) is 79.6 cm³/mol. The predicted octanol–water partition coefficient (Wildman–Crippen LogP) is 3.05. The molecule has 0 aliphatic carbocycles. The highest BCUT2D eigenvalue weighted by Gasteiger charge is 2.06. The lowest BCUT2D eigenvalue weighted by molar-refractivity contribution is 0.304. The van der Waals surface area contributed by atoms with Crippen LogP contribution in [-0.2, 0) is 6.61 Å². The van der Waals surface area contributed by atoms with Crippen molar-refractivity contribution < 1.29 is 13.9 Å². The van der Waals surface area contributed by atoms with Gasteiger partial charge in [-0.15, -0.1) is 0 Å². The van der Waals surface area contributed by atoms with E-state index in [9.17, 15) is 4.39 Å². The molecule has 0 saturated carbocycles. The van der Waals surface area contributed by atoms with E-state index >= 15 is 0 Å². The largest absolute Gasteiger partial charge is 0.497 e. The van der Waals surface area contributed by atoms with E-state index in [1.165, 1.54) is 12.1 Å². The smallest absolute Gasteiger partial charge is 0.137 e. The first kappa shape index (κ1) is 14.3. The van der Waals surface area contributed by atoms with Gasteiger partial charge in [0.2, 0.25) is 0 Å². The van der Waals surface area contributed by atoms with E-state index < -0.39 is 5.82 Å². The summed E-state index contributed by atoms with van der Waals surface area (Å²) in [4.78, 5) is 0.0317. The molecule has 20 heavy (non-hydrogen) atoms. The Kier molecular flexibility index (Phi) is 4.53. The van der Waals surface area contributed by atoms with Crippen LogP contribution in [0.25, 0.3) is 0 Å². The molecule has 0 bridgehead atoms. The molecule has 0 saturated heterocycles. The molecule has 5 heteroatoms. The van der Waals surface area contributed by atoms with Crippen molar-refractivity contribution in [2.24, 2.45) is 5.73 Å². The molecule has 0 unspecified atom stereocenters. The average molecular weight is 291 g/mol. The zero-order valence-corrected chi connectivity index (χ0v) is 11.7. The van der Waals surface area contributed by atoms with Crippen LogP contribution in [0, 0.1) is 5.82 Å². The van der Waals surface area contributed by atoms with Crippen LogP contribution in [0.3, 0.4) is 0 Å². The molecule has 3 nitrogen and oxygen atoms in total. The van der Waals surface area contributed by atoms with Crippen molar-refractivity contribution in [3.63, 3.8) is 0 Å². The molecule has 104 valence electrons. The average Bonchev–Trinajstić information content (AvgIpc) is 2.45. The van der Waals surface area contributed by atoms with E-state index in [-0.39, 0.29) is 10.6 Å². The molecule has 2 N–H and O–H groups in total. The van der Waals surface area contributed by atoms with Crippen LogP contribution in [-0.4, -0.2) is 12.1 Å². The fourth-order valence-corrected chi connectivity index (χ4v) is 1.84. The van der Waals surface area contributed by atoms with Crippen molar-refractivity contribution in [1.29, 1.82) is 0 Å². The van der Waals surface area contributed by atoms with Crippen LogP contribution in [0.1, 0.15) is 11.1 Å². The van der Waals surface area contributed by atoms with Crippen molar-refractivity contribution in [3.8, 4) is 11.5 Å². The Balaban J connectivity index is 2.03. The van der Waals surface area contributed by atoms with Crippen molar-refractivity contribution in [3.05, 3.63) is 59.4 Å². The third kappa shape index (κ3) is 3.45. The van der Waals surface area contributed by atoms with Crippen LogP contribution in [0.15, 0.2) is 42.5 Å². The van der Waals surface area contributed by atoms with E-state index in [1.54, 1.807) is 13.2 Å². The second kappa shape index (κ2) is 6.34. The van der Waals surface area contributed by atoms with Gasteiger partial charge in [0.05, 0.1) is 7.11 Å². The first-order valence-corrected chi connectivity index (χ1v) is 6.36. The molecule has 0 aromatic heterocycles. The highest BCUT2D eigenvalue weighted by Crippen LogP contribution is 2.19. The second-order valence-electron chi connectivity index (χ2n) is 4.14. The van der Waals surface area contributed by atoms with Crippen LogP contribution >= 0.6 is 12.2 Å². The standard InChI is InChI=1S/C15H14FNO2S/c1-18-11-4-2-10(3-5-11)9-19-12-6-7-13(15(17)20)14(16)8-12/h2-8H,9H2,1H3,(H2,17,20). The van der Waals surface area contributed by atoms with Gasteiger partial charge in [0.1, 0.15) is 28.9 Å². The van der Waals surface area contributed by atoms with Crippen LogP contribution in [0.4, 0.5) is 4.39 Å². The first-order chi connectivity index (χ1) is 9.60. The Morgan fingerprint density at radius 3 is 2.35 bits per heavy atom. The number of thiocarbonyl (C=S) groups is 1. The summed E-state index contributed by atoms with van der Waals surface area (Å²) < 4.78 is 24.2. The van der Waals surface area contributed by atoms with Crippen LogP contribution in [0.2, 0.25) is 0 Å². The van der Waals surface area contributed by atoms with E-state index in [1.807, 2.05) is 24.3 Å². The summed E-state index contributed by atoms with van der Waals surface area (Å²) >= 11 is 4.74. The molecular formula is C15H14FNO2S. The fraction of sp³-hybridized carbons (Fsp3) is 0.133. The van der Waals surface area contributed by atoms with Gasteiger partial charge in [-0.2, -0.15) is 0 Å². The molecule has 0 aliphatic rings. The van der Waals surface area contributed by atoms with Gasteiger partial charge in [0.25, 0.3) is 0 Å². The Bertz CT molecular complexity index is 614. The van der Waals surface area contributed by atoms with Gasteiger partial charge in [-0.3, -0.25) is 0 Å². The van der Waals surface area contributed by atoms with E-state index in [4.69, 9.17) is 27.4 Å². The molecule has 2 aromatic carbocycles. The SMILES string of the molecule is COc1ccc(COc2ccc(C(N)=S)c(F)c2)cc1. The van der Waals surface area contributed by atoms with Gasteiger partial charge < -0.3 is 15.2 Å². The summed E-state index contributed by atoms with van der Waals surface area (Å²) in [5.74, 6) is 0.726. The molecule has 0 atom stereocenters. The minimum Gasteiger partial charge on any atom is -0.497 e. The number of hydrogen-bond donors (Lipinski definition) is 1. The van der Waals surface area contributed by atoms with E-state index in [0.29, 0.717) is 12.4 Å². The number of benzene rings is 2. The maximum atomic E-state index is 13.7. The highest BCUT2D eigenvalue weighted by atomic mass is 32.1. The summed E-state index contributed by atoms with van der Waals surface area (Å²) in [6, 6.07) is 11.9. The molecule has 0 spiro atoms. The first-order valence-electron chi connectivity index (χ1n) is 5.95. The third-order valence-electron chi connectivity index (χ3n) is 2.77. The lowest BCUT2D eigenvalue weighted by Gasteiger charge is -2.08. The Hall–Kier alpha value is -2.14. The minimum absolute atomic E-state index is 0.0317. The van der Waals surface area contributed by atoms with Gasteiger partial charge in [0, 0.05) is 11.6 Å². The molecule has 0 aliphatic heterocycles. The minimum atomic E-state index is -0.482. The number of ether oxygens (including phenoxy) is 2. The Morgan fingerprint density at radius 1 is 1.15 bits per heavy atom. The number of nitrogens with two attached hydrogens (primary N) is 1. The lowest BCUT2D eigenvalue weighted by Crippen LogP contribution is -2.11. The summed E-state index contributed by atoms with van der Waals surface area (Å²) in [7, 11) is 1.61. The van der Waals surface area contributed by atoms with Crippen LogP contribution < -0.4 is 15.2 Å². The molecule has 0 amide bonds. The second-order valence-corrected chi connectivity index (χ2v) is 4.58. The number of methoxy groups -OCH3 is 1. The van der Waals surface area contributed by atoms with Crippen LogP contribution in [0.5, 0.6) is 11.5 Å². The maximum Gasteiger partial charge on any atom is 0.137 e. The van der Waals surface area contributed by atoms with Crippen molar-refractivity contribution in [2.75, 3.05) is 7.11 Å². The molecule has 0 fully saturated rings. The number of halogens is 1. The molecule has 2 aromatic rings. The Morgan fingerprint density at radius 2 is 1.80 bits per heavy atom. The summed E-state index contributed by atoms with van der Waals surface area (Å²) in [5, 5.41) is 0. The highest BCUT2D eigenvalue weighted by molar-refractivity contribution is 7.80. The molecule has 0 radical (unpaired) electrons. The summed E-state index contributed by atoms with van der Waals surface area (Å²) in [5.41, 5.74) is 6.58. The zero-order chi connectivity index (χ0) is 14.5. The normalized spacial score (nSPS) is 10.1. The van der Waals surface area contributed by atoms with Gasteiger partial charge >= 0.3 is 0 Å². The van der Waals surface area contributed by atoms with Gasteiger partial charge in [-0.25, -0.2) is 4.39 Å². The van der Waals surface area contributed by atoms with Gasteiger partial charge in [-0.1, -0.05) is 24.4 Å². The summed E-state index contributed by atoms with van der Waals surface area (Å²) in [6.45, 7) is 0.343. The fourth-order valence-electron chi connectivity index (χ4n) is 1.67. The van der Waals surface area contributed by atoms with E-state index in [2.05, 4.69) is 0 Å². The molecular weight excluding hydrogens is 277 g/mol. The van der Waals surface area contributed by atoms with Gasteiger partial charge in [-0.05, 0) is 29.8 Å².